The molecular weight excluding hydrogens is 374 g/mol. The zero-order valence-corrected chi connectivity index (χ0v) is 16.0. The zero-order valence-electron chi connectivity index (χ0n) is 15.1. The summed E-state index contributed by atoms with van der Waals surface area (Å²) < 4.78 is 1.74. The molecule has 2 heterocycles. The Morgan fingerprint density at radius 1 is 0.964 bits per heavy atom. The third-order valence-electron chi connectivity index (χ3n) is 4.41. The van der Waals surface area contributed by atoms with Gasteiger partial charge >= 0.3 is 0 Å². The van der Waals surface area contributed by atoms with E-state index in [1.165, 1.54) is 29.5 Å². The van der Waals surface area contributed by atoms with Crippen LogP contribution in [0.3, 0.4) is 0 Å². The Kier molecular flexibility index (Phi) is 5.03. The molecule has 0 amide bonds. The van der Waals surface area contributed by atoms with Crippen LogP contribution in [-0.4, -0.2) is 24.7 Å². The Morgan fingerprint density at radius 3 is 2.36 bits per heavy atom. The molecule has 0 aliphatic heterocycles. The number of nitrogens with zero attached hydrogens (tertiary/aromatic N) is 5. The Bertz CT molecular complexity index is 1120. The van der Waals surface area contributed by atoms with Crippen molar-refractivity contribution in [1.82, 2.24) is 19.8 Å². The Morgan fingerprint density at radius 2 is 1.68 bits per heavy atom. The van der Waals surface area contributed by atoms with E-state index in [1.54, 1.807) is 16.6 Å². The molecule has 4 aromatic rings. The lowest BCUT2D eigenvalue weighted by Crippen LogP contribution is -1.97. The minimum Gasteiger partial charge on any atom is -0.258 e. The van der Waals surface area contributed by atoms with Gasteiger partial charge in [-0.1, -0.05) is 55.1 Å². The molecule has 2 aromatic heterocycles. The normalized spacial score (nSPS) is 11.0. The van der Waals surface area contributed by atoms with Gasteiger partial charge in [0.15, 0.2) is 5.65 Å². The number of hydrogen-bond acceptors (Lipinski definition) is 6. The molecule has 0 radical (unpaired) electrons. The first kappa shape index (κ1) is 18.1. The molecule has 0 unspecified atom stereocenters. The van der Waals surface area contributed by atoms with Gasteiger partial charge in [-0.15, -0.1) is 10.2 Å². The molecule has 2 aromatic carbocycles. The SMILES string of the molecule is CCc1ccc(-c2ccc3nnc(SCc4ccc([N+](=O)[O-])cc4)n3n2)cc1. The Labute approximate surface area is 165 Å². The van der Waals surface area contributed by atoms with Crippen molar-refractivity contribution in [3.63, 3.8) is 0 Å². The quantitative estimate of drug-likeness (QED) is 0.272. The third kappa shape index (κ3) is 3.72. The fraction of sp³-hybridized carbons (Fsp3) is 0.150. The van der Waals surface area contributed by atoms with Crippen molar-refractivity contribution in [3.05, 3.63) is 81.9 Å². The second-order valence-corrected chi connectivity index (χ2v) is 7.18. The van der Waals surface area contributed by atoms with Crippen LogP contribution in [0.25, 0.3) is 16.9 Å². The summed E-state index contributed by atoms with van der Waals surface area (Å²) in [5.41, 5.74) is 4.92. The first-order chi connectivity index (χ1) is 13.6. The first-order valence-corrected chi connectivity index (χ1v) is 9.80. The zero-order chi connectivity index (χ0) is 19.5. The molecule has 0 aliphatic rings. The van der Waals surface area contributed by atoms with Gasteiger partial charge in [0, 0.05) is 23.4 Å². The number of aryl methyl sites for hydroxylation is 1. The number of nitro benzene ring substituents is 1. The van der Waals surface area contributed by atoms with Crippen molar-refractivity contribution in [1.29, 1.82) is 0 Å². The van der Waals surface area contributed by atoms with Crippen LogP contribution in [0.5, 0.6) is 0 Å². The molecule has 0 bridgehead atoms. The fourth-order valence-corrected chi connectivity index (χ4v) is 3.63. The van der Waals surface area contributed by atoms with Gasteiger partial charge in [0.25, 0.3) is 5.69 Å². The van der Waals surface area contributed by atoms with Gasteiger partial charge in [-0.05, 0) is 29.7 Å². The summed E-state index contributed by atoms with van der Waals surface area (Å²) in [5, 5.41) is 24.5. The smallest absolute Gasteiger partial charge is 0.258 e. The standard InChI is InChI=1S/C20H17N5O2S/c1-2-14-3-7-16(8-4-14)18-11-12-19-21-22-20(24(19)23-18)28-13-15-5-9-17(10-6-15)25(26)27/h3-12H,2,13H2,1H3. The molecule has 0 aliphatic carbocycles. The lowest BCUT2D eigenvalue weighted by atomic mass is 10.1. The van der Waals surface area contributed by atoms with Crippen LogP contribution in [0.1, 0.15) is 18.1 Å². The largest absolute Gasteiger partial charge is 0.269 e. The van der Waals surface area contributed by atoms with Crippen molar-refractivity contribution in [2.24, 2.45) is 0 Å². The van der Waals surface area contributed by atoms with Crippen LogP contribution >= 0.6 is 11.8 Å². The van der Waals surface area contributed by atoms with Gasteiger partial charge < -0.3 is 0 Å². The maximum Gasteiger partial charge on any atom is 0.269 e. The number of thioether (sulfide) groups is 1. The summed E-state index contributed by atoms with van der Waals surface area (Å²) in [6, 6.07) is 18.7. The number of hydrogen-bond donors (Lipinski definition) is 0. The second kappa shape index (κ2) is 7.77. The van der Waals surface area contributed by atoms with Crippen LogP contribution in [-0.2, 0) is 12.2 Å². The molecule has 7 nitrogen and oxygen atoms in total. The van der Waals surface area contributed by atoms with Crippen LogP contribution in [0, 0.1) is 10.1 Å². The van der Waals surface area contributed by atoms with Gasteiger partial charge in [0.05, 0.1) is 10.6 Å². The summed E-state index contributed by atoms with van der Waals surface area (Å²) in [7, 11) is 0. The number of nitro groups is 1. The van der Waals surface area contributed by atoms with E-state index in [-0.39, 0.29) is 5.69 Å². The van der Waals surface area contributed by atoms with Crippen LogP contribution in [0.2, 0.25) is 0 Å². The third-order valence-corrected chi connectivity index (χ3v) is 5.40. The summed E-state index contributed by atoms with van der Waals surface area (Å²) in [4.78, 5) is 10.4. The first-order valence-electron chi connectivity index (χ1n) is 8.82. The highest BCUT2D eigenvalue weighted by atomic mass is 32.2. The molecule has 0 spiro atoms. The topological polar surface area (TPSA) is 86.2 Å². The van der Waals surface area contributed by atoms with E-state index in [1.807, 2.05) is 12.1 Å². The lowest BCUT2D eigenvalue weighted by molar-refractivity contribution is -0.384. The van der Waals surface area contributed by atoms with E-state index in [9.17, 15) is 10.1 Å². The average molecular weight is 391 g/mol. The number of fused-ring (bicyclic) bond motifs is 1. The molecule has 0 N–H and O–H groups in total. The highest BCUT2D eigenvalue weighted by molar-refractivity contribution is 7.98. The van der Waals surface area contributed by atoms with E-state index in [0.29, 0.717) is 16.6 Å². The summed E-state index contributed by atoms with van der Waals surface area (Å²) >= 11 is 1.49. The number of non-ortho nitro benzene ring substituents is 1. The van der Waals surface area contributed by atoms with Gasteiger partial charge in [-0.25, -0.2) is 0 Å². The van der Waals surface area contributed by atoms with Gasteiger partial charge in [-0.2, -0.15) is 9.61 Å². The minimum atomic E-state index is -0.401. The van der Waals surface area contributed by atoms with Gasteiger partial charge in [-0.3, -0.25) is 10.1 Å². The average Bonchev–Trinajstić information content (AvgIpc) is 3.15. The fourth-order valence-electron chi connectivity index (χ4n) is 2.79. The van der Waals surface area contributed by atoms with Gasteiger partial charge in [0.1, 0.15) is 0 Å². The predicted octanol–water partition coefficient (Wildman–Crippen LogP) is 4.55. The summed E-state index contributed by atoms with van der Waals surface area (Å²) in [6.45, 7) is 2.13. The van der Waals surface area contributed by atoms with Crippen LogP contribution in [0.15, 0.2) is 65.8 Å². The van der Waals surface area contributed by atoms with E-state index < -0.39 is 4.92 Å². The van der Waals surface area contributed by atoms with E-state index >= 15 is 0 Å². The number of aromatic nitrogens is 4. The van der Waals surface area contributed by atoms with Crippen molar-refractivity contribution in [2.45, 2.75) is 24.3 Å². The number of rotatable bonds is 6. The highest BCUT2D eigenvalue weighted by Crippen LogP contribution is 2.24. The molecule has 28 heavy (non-hydrogen) atoms. The Hall–Kier alpha value is -3.26. The molecule has 0 atom stereocenters. The lowest BCUT2D eigenvalue weighted by Gasteiger charge is -2.04. The van der Waals surface area contributed by atoms with E-state index in [4.69, 9.17) is 5.10 Å². The van der Waals surface area contributed by atoms with Crippen LogP contribution < -0.4 is 0 Å². The van der Waals surface area contributed by atoms with Crippen molar-refractivity contribution in [2.75, 3.05) is 0 Å². The second-order valence-electron chi connectivity index (χ2n) is 6.23. The van der Waals surface area contributed by atoms with Crippen molar-refractivity contribution in [3.8, 4) is 11.3 Å². The molecule has 0 saturated carbocycles. The summed E-state index contributed by atoms with van der Waals surface area (Å²) in [6.07, 6.45) is 1.00. The van der Waals surface area contributed by atoms with Crippen molar-refractivity contribution < 1.29 is 4.92 Å². The van der Waals surface area contributed by atoms with Crippen molar-refractivity contribution >= 4 is 23.1 Å². The molecule has 4 rings (SSSR count). The summed E-state index contributed by atoms with van der Waals surface area (Å²) in [5.74, 6) is 0.621. The molecule has 0 fully saturated rings. The monoisotopic (exact) mass is 391 g/mol. The van der Waals surface area contributed by atoms with Gasteiger partial charge in [0.2, 0.25) is 5.16 Å². The molecule has 0 saturated heterocycles. The molecule has 140 valence electrons. The minimum absolute atomic E-state index is 0.0853. The predicted molar refractivity (Wildman–Crippen MR) is 108 cm³/mol. The van der Waals surface area contributed by atoms with E-state index in [0.717, 1.165) is 23.2 Å². The Balaban J connectivity index is 1.56. The highest BCUT2D eigenvalue weighted by Gasteiger charge is 2.11. The maximum atomic E-state index is 10.8. The number of benzene rings is 2. The van der Waals surface area contributed by atoms with E-state index in [2.05, 4.69) is 41.4 Å². The molecular formula is C20H17N5O2S. The maximum absolute atomic E-state index is 10.8. The molecule has 8 heteroatoms. The van der Waals surface area contributed by atoms with Crippen LogP contribution in [0.4, 0.5) is 5.69 Å².